The molecule has 0 aromatic heterocycles. The molecule has 0 heterocycles. The van der Waals surface area contributed by atoms with Crippen LogP contribution in [0.3, 0.4) is 0 Å². The highest BCUT2D eigenvalue weighted by Gasteiger charge is 1.65. The van der Waals surface area contributed by atoms with Crippen molar-refractivity contribution in [3.63, 3.8) is 0 Å². The van der Waals surface area contributed by atoms with Gasteiger partial charge in [-0.25, -0.2) is 0 Å². The van der Waals surface area contributed by atoms with Crippen LogP contribution >= 0.6 is 0 Å². The van der Waals surface area contributed by atoms with Crippen LogP contribution in [0.25, 0.3) is 0 Å². The van der Waals surface area contributed by atoms with Crippen LogP contribution in [-0.4, -0.2) is 20.7 Å². The standard InChI is InChI=1S/HNO3.2HNO2/c2-1(3)4;2*2-1-3/h(H,2,3,4);2*(H,2,3). The second-order valence-electron chi connectivity index (χ2n) is 0.401. The molecule has 0 saturated heterocycles. The molecule has 60 valence electrons. The van der Waals surface area contributed by atoms with E-state index in [-0.39, 0.29) is 0 Å². The lowest BCUT2D eigenvalue weighted by Crippen LogP contribution is -1.81. The Morgan fingerprint density at radius 3 is 1.20 bits per heavy atom. The SMILES string of the molecule is O=NO.O=NO.O=[N+]([O-])O. The molecule has 0 bridgehead atoms. The van der Waals surface area contributed by atoms with Gasteiger partial charge in [0.25, 0.3) is 5.09 Å². The van der Waals surface area contributed by atoms with Gasteiger partial charge in [-0.2, -0.15) is 0 Å². The zero-order valence-corrected chi connectivity index (χ0v) is 4.32. The molecule has 0 aliphatic rings. The van der Waals surface area contributed by atoms with Crippen molar-refractivity contribution in [1.82, 2.24) is 0 Å². The third kappa shape index (κ3) is 37.5. The third-order valence-corrected chi connectivity index (χ3v) is 0. The summed E-state index contributed by atoms with van der Waals surface area (Å²) in [6.07, 6.45) is 0. The van der Waals surface area contributed by atoms with E-state index in [0.29, 0.717) is 0 Å². The largest absolute Gasteiger partial charge is 0.379 e. The van der Waals surface area contributed by atoms with E-state index in [2.05, 4.69) is 0 Å². The zero-order chi connectivity index (χ0) is 8.99. The van der Waals surface area contributed by atoms with Gasteiger partial charge < -0.3 is 15.6 Å². The average Bonchev–Trinajstić information content (AvgIpc) is 1.65. The topological polar surface area (TPSA) is 163 Å². The lowest BCUT2D eigenvalue weighted by molar-refractivity contribution is -0.742. The van der Waals surface area contributed by atoms with Crippen LogP contribution in [0.1, 0.15) is 0 Å². The van der Waals surface area contributed by atoms with Crippen LogP contribution in [0, 0.1) is 19.9 Å². The Morgan fingerprint density at radius 2 is 1.20 bits per heavy atom. The van der Waals surface area contributed by atoms with Gasteiger partial charge in [0.05, 0.1) is 0 Å². The van der Waals surface area contributed by atoms with Crippen molar-refractivity contribution in [2.24, 2.45) is 10.7 Å². The normalized spacial score (nSPS) is 4.80. The van der Waals surface area contributed by atoms with Crippen molar-refractivity contribution in [2.45, 2.75) is 0 Å². The van der Waals surface area contributed by atoms with Gasteiger partial charge in [0, 0.05) is 0 Å². The first-order valence-corrected chi connectivity index (χ1v) is 1.33. The van der Waals surface area contributed by atoms with E-state index in [1.165, 1.54) is 10.7 Å². The predicted octanol–water partition coefficient (Wildman–Crippen LogP) is -0.0637. The maximum absolute atomic E-state index is 8.36. The Kier molecular flexibility index (Phi) is 43.9. The molecule has 0 radical (unpaired) electrons. The van der Waals surface area contributed by atoms with E-state index < -0.39 is 5.09 Å². The van der Waals surface area contributed by atoms with Crippen LogP contribution in [0.4, 0.5) is 0 Å². The quantitative estimate of drug-likeness (QED) is 0.251. The molecule has 0 amide bonds. The molecule has 0 unspecified atom stereocenters. The first-order chi connectivity index (χ1) is 4.56. The summed E-state index contributed by atoms with van der Waals surface area (Å²) in [6.45, 7) is 0. The van der Waals surface area contributed by atoms with Gasteiger partial charge in [0.1, 0.15) is 0 Å². The molecule has 0 aliphatic heterocycles. The van der Waals surface area contributed by atoms with Crippen LogP contribution < -0.4 is 0 Å². The summed E-state index contributed by atoms with van der Waals surface area (Å²) in [5.74, 6) is 0. The minimum absolute atomic E-state index is 1.25. The van der Waals surface area contributed by atoms with E-state index in [1.54, 1.807) is 0 Å². The van der Waals surface area contributed by atoms with Crippen LogP contribution in [0.15, 0.2) is 10.7 Å². The molecular formula is H3N3O7. The van der Waals surface area contributed by atoms with E-state index >= 15 is 0 Å². The zero-order valence-electron chi connectivity index (χ0n) is 4.32. The highest BCUT2D eigenvalue weighted by atomic mass is 16.9. The number of nitrogens with zero attached hydrogens (tertiary/aromatic N) is 3. The first-order valence-electron chi connectivity index (χ1n) is 1.33. The Bertz CT molecular complexity index is 76.9. The third-order valence-electron chi connectivity index (χ3n) is 0. The second kappa shape index (κ2) is 28.0. The van der Waals surface area contributed by atoms with Gasteiger partial charge >= 0.3 is 0 Å². The van der Waals surface area contributed by atoms with E-state index in [9.17, 15) is 0 Å². The Balaban J connectivity index is -0.0000000750. The van der Waals surface area contributed by atoms with Gasteiger partial charge in [-0.1, -0.05) is 0 Å². The molecule has 0 fully saturated rings. The Hall–Kier alpha value is -2.00. The van der Waals surface area contributed by atoms with Crippen LogP contribution in [-0.2, 0) is 0 Å². The highest BCUT2D eigenvalue weighted by molar-refractivity contribution is 3.84. The van der Waals surface area contributed by atoms with Crippen molar-refractivity contribution in [1.29, 1.82) is 0 Å². The molecule has 10 heteroatoms. The minimum atomic E-state index is -1.50. The monoisotopic (exact) mass is 157 g/mol. The molecule has 0 rings (SSSR count). The molecule has 3 N–H and O–H groups in total. The molecule has 0 atom stereocenters. The smallest absolute Gasteiger partial charge is 0.291 e. The van der Waals surface area contributed by atoms with Gasteiger partial charge in [-0.3, -0.25) is 0 Å². The molecule has 0 spiro atoms. The lowest BCUT2D eigenvalue weighted by atomic mass is 13.1. The van der Waals surface area contributed by atoms with E-state index in [4.69, 9.17) is 35.6 Å². The van der Waals surface area contributed by atoms with E-state index in [0.717, 1.165) is 0 Å². The highest BCUT2D eigenvalue weighted by Crippen LogP contribution is 1.38. The number of hydrogen-bond acceptors (Lipinski definition) is 6. The second-order valence-corrected chi connectivity index (χ2v) is 0.401. The minimum Gasteiger partial charge on any atom is -0.379 e. The van der Waals surface area contributed by atoms with Crippen molar-refractivity contribution < 1.29 is 20.7 Å². The van der Waals surface area contributed by atoms with Crippen molar-refractivity contribution >= 4 is 0 Å². The maximum atomic E-state index is 8.36. The summed E-state index contributed by atoms with van der Waals surface area (Å²) < 4.78 is 0. The molecule has 0 aromatic carbocycles. The molecule has 0 aromatic rings. The van der Waals surface area contributed by atoms with Gasteiger partial charge in [0.15, 0.2) is 10.7 Å². The summed E-state index contributed by atoms with van der Waals surface area (Å²) in [7, 11) is 0. The first kappa shape index (κ1) is 15.7. The fraction of sp³-hybridized carbons (Fsp3) is 0. The predicted molar refractivity (Wildman–Crippen MR) is 23.9 cm³/mol. The van der Waals surface area contributed by atoms with E-state index in [1.807, 2.05) is 0 Å². The fourth-order valence-electron chi connectivity index (χ4n) is 0. The van der Waals surface area contributed by atoms with Gasteiger partial charge in [0.2, 0.25) is 0 Å². The molecule has 10 nitrogen and oxygen atoms in total. The lowest BCUT2D eigenvalue weighted by Gasteiger charge is -1.56. The Morgan fingerprint density at radius 1 is 1.20 bits per heavy atom. The van der Waals surface area contributed by atoms with Crippen molar-refractivity contribution in [3.8, 4) is 0 Å². The van der Waals surface area contributed by atoms with Crippen LogP contribution in [0.5, 0.6) is 0 Å². The molecular weight excluding hydrogens is 154 g/mol. The Labute approximate surface area is 52.7 Å². The molecule has 10 heavy (non-hydrogen) atoms. The summed E-state index contributed by atoms with van der Waals surface area (Å²) in [5, 5.41) is 29.4. The van der Waals surface area contributed by atoms with Gasteiger partial charge in [-0.15, -0.1) is 19.9 Å². The maximum Gasteiger partial charge on any atom is 0.291 e. The van der Waals surface area contributed by atoms with Crippen molar-refractivity contribution in [3.05, 3.63) is 19.9 Å². The van der Waals surface area contributed by atoms with Gasteiger partial charge in [-0.05, 0) is 0 Å². The summed E-state index contributed by atoms with van der Waals surface area (Å²) in [5.41, 5.74) is 0. The number of rotatable bonds is 0. The summed E-state index contributed by atoms with van der Waals surface area (Å²) >= 11 is 0. The van der Waals surface area contributed by atoms with Crippen molar-refractivity contribution in [2.75, 3.05) is 0 Å². The number of hydrogen-bond donors (Lipinski definition) is 3. The van der Waals surface area contributed by atoms with Crippen LogP contribution in [0.2, 0.25) is 0 Å². The molecule has 0 saturated carbocycles. The molecule has 0 aliphatic carbocycles. The average molecular weight is 157 g/mol. The summed E-state index contributed by atoms with van der Waals surface area (Å²) in [4.78, 5) is 24.6. The fourth-order valence-corrected chi connectivity index (χ4v) is 0. The summed E-state index contributed by atoms with van der Waals surface area (Å²) in [6, 6.07) is 0.